The minimum Gasteiger partial charge on any atom is -0.469 e. The third kappa shape index (κ3) is 11.4. The lowest BCUT2D eigenvalue weighted by atomic mass is 10.0. The highest BCUT2D eigenvalue weighted by Crippen LogP contribution is 2.37. The van der Waals surface area contributed by atoms with Crippen LogP contribution in [0.5, 0.6) is 0 Å². The Morgan fingerprint density at radius 2 is 1.61 bits per heavy atom. The van der Waals surface area contributed by atoms with E-state index in [0.29, 0.717) is 0 Å². The number of methoxy groups -OCH3 is 1. The normalized spacial score (nSPS) is 20.1. The lowest BCUT2D eigenvalue weighted by Crippen LogP contribution is -2.52. The number of carbonyl (C=O) groups excluding carboxylic acids is 2. The highest BCUT2D eigenvalue weighted by molar-refractivity contribution is 7.86. The summed E-state index contributed by atoms with van der Waals surface area (Å²) in [5, 5.41) is 0. The number of aryl methyl sites for hydroxylation is 1. The first-order valence-electron chi connectivity index (χ1n) is 15.2. The van der Waals surface area contributed by atoms with Gasteiger partial charge in [0.2, 0.25) is 0 Å². The molecule has 1 aromatic carbocycles. The molecule has 0 unspecified atom stereocenters. The molecule has 1 aromatic rings. The molecule has 1 fully saturated rings. The molecule has 246 valence electrons. The summed E-state index contributed by atoms with van der Waals surface area (Å²) >= 11 is 0. The number of allylic oxidation sites excluding steroid dienone is 1. The summed E-state index contributed by atoms with van der Waals surface area (Å²) in [6, 6.07) is 8.82. The molecule has 0 spiro atoms. The smallest absolute Gasteiger partial charge is 0.305 e. The SMILES string of the molecule is CC[Si](CC)(CC)O[C@@H]([C@H]1OC(C)(C)O[C@@H]1/C=C/C(=O)CCC(=O)OC)[C@H](C#C[Si](C)(C)C)OS(=O)(=O)c1ccc(C)cc1. The Bertz CT molecular complexity index is 1310. The van der Waals surface area contributed by atoms with E-state index >= 15 is 0 Å². The standard InChI is InChI=1S/C32H50O9SSi2/c1-11-44(12-2,13-3)41-31(30-27(38-32(5,6)39-30)20-16-25(33)17-21-29(34)37-7)28(22-23-43(8,9)10)40-42(35,36)26-18-14-24(4)15-19-26/h14-16,18-20,27-28,30-31H,11-13,17,21H2,1-10H3/b20-16+/t27-,28+,30+,31-/m1/s1. The van der Waals surface area contributed by atoms with Crippen LogP contribution in [0, 0.1) is 18.4 Å². The molecule has 1 saturated heterocycles. The summed E-state index contributed by atoms with van der Waals surface area (Å²) in [7, 11) is -7.38. The number of ether oxygens (including phenoxy) is 3. The van der Waals surface area contributed by atoms with Crippen LogP contribution in [0.1, 0.15) is 53.0 Å². The third-order valence-electron chi connectivity index (χ3n) is 7.51. The highest BCUT2D eigenvalue weighted by Gasteiger charge is 2.50. The van der Waals surface area contributed by atoms with E-state index in [0.717, 1.165) is 23.7 Å². The second-order valence-electron chi connectivity index (χ2n) is 12.6. The number of esters is 1. The Kier molecular flexibility index (Phi) is 13.8. The van der Waals surface area contributed by atoms with E-state index in [2.05, 4.69) is 56.6 Å². The molecule has 0 aliphatic carbocycles. The van der Waals surface area contributed by atoms with E-state index in [1.54, 1.807) is 32.1 Å². The van der Waals surface area contributed by atoms with Crippen LogP contribution >= 0.6 is 0 Å². The first kappa shape index (κ1) is 38.1. The molecule has 0 aromatic heterocycles. The Labute approximate surface area is 266 Å². The lowest BCUT2D eigenvalue weighted by molar-refractivity contribution is -0.156. The molecule has 1 aliphatic heterocycles. The molecule has 44 heavy (non-hydrogen) atoms. The summed E-state index contributed by atoms with van der Waals surface area (Å²) in [5.74, 6) is 1.32. The zero-order valence-corrected chi connectivity index (χ0v) is 30.7. The number of rotatable bonds is 15. The van der Waals surface area contributed by atoms with Gasteiger partial charge in [0.15, 0.2) is 26.0 Å². The minimum atomic E-state index is -4.25. The van der Waals surface area contributed by atoms with Gasteiger partial charge in [-0.2, -0.15) is 8.42 Å². The van der Waals surface area contributed by atoms with Crippen LogP contribution in [0.2, 0.25) is 37.8 Å². The fraction of sp³-hybridized carbons (Fsp3) is 0.625. The second kappa shape index (κ2) is 15.9. The van der Waals surface area contributed by atoms with Crippen molar-refractivity contribution in [2.24, 2.45) is 0 Å². The molecule has 0 amide bonds. The van der Waals surface area contributed by atoms with E-state index in [-0.39, 0.29) is 23.5 Å². The molecule has 4 atom stereocenters. The molecule has 0 bridgehead atoms. The lowest BCUT2D eigenvalue weighted by Gasteiger charge is -2.38. The van der Waals surface area contributed by atoms with Gasteiger partial charge in [-0.15, -0.1) is 5.54 Å². The van der Waals surface area contributed by atoms with Crippen LogP contribution in [0.25, 0.3) is 0 Å². The van der Waals surface area contributed by atoms with Crippen LogP contribution in [0.15, 0.2) is 41.3 Å². The van der Waals surface area contributed by atoms with E-state index in [1.807, 2.05) is 6.92 Å². The Morgan fingerprint density at radius 3 is 2.14 bits per heavy atom. The predicted molar refractivity (Wildman–Crippen MR) is 176 cm³/mol. The van der Waals surface area contributed by atoms with Gasteiger partial charge in [-0.25, -0.2) is 4.18 Å². The molecule has 1 heterocycles. The summed E-state index contributed by atoms with van der Waals surface area (Å²) in [6.07, 6.45) is -0.912. The van der Waals surface area contributed by atoms with Gasteiger partial charge in [-0.05, 0) is 63.2 Å². The summed E-state index contributed by atoms with van der Waals surface area (Å²) in [6.45, 7) is 17.8. The average molecular weight is 667 g/mol. The summed E-state index contributed by atoms with van der Waals surface area (Å²) < 4.78 is 57.5. The first-order valence-corrected chi connectivity index (χ1v) is 22.7. The van der Waals surface area contributed by atoms with Crippen LogP contribution in [0.3, 0.4) is 0 Å². The van der Waals surface area contributed by atoms with Gasteiger partial charge in [0, 0.05) is 6.42 Å². The molecule has 9 nitrogen and oxygen atoms in total. The number of carbonyl (C=O) groups is 2. The average Bonchev–Trinajstić information content (AvgIpc) is 3.27. The summed E-state index contributed by atoms with van der Waals surface area (Å²) in [4.78, 5) is 24.2. The van der Waals surface area contributed by atoms with E-state index in [9.17, 15) is 18.0 Å². The Hall–Kier alpha value is -2.12. The van der Waals surface area contributed by atoms with Crippen molar-refractivity contribution in [3.05, 3.63) is 42.0 Å². The van der Waals surface area contributed by atoms with Crippen LogP contribution in [-0.2, 0) is 42.5 Å². The molecule has 1 aliphatic rings. The summed E-state index contributed by atoms with van der Waals surface area (Å²) in [5.41, 5.74) is 4.21. The van der Waals surface area contributed by atoms with E-state index in [1.165, 1.54) is 25.3 Å². The van der Waals surface area contributed by atoms with Crippen LogP contribution < -0.4 is 0 Å². The first-order chi connectivity index (χ1) is 20.4. The maximum absolute atomic E-state index is 13.7. The second-order valence-corrected chi connectivity index (χ2v) is 23.6. The van der Waals surface area contributed by atoms with Gasteiger partial charge in [0.1, 0.15) is 26.4 Å². The molecular weight excluding hydrogens is 617 g/mol. The number of ketones is 1. The molecule has 2 rings (SSSR count). The Morgan fingerprint density at radius 1 is 1.02 bits per heavy atom. The predicted octanol–water partition coefficient (Wildman–Crippen LogP) is 5.94. The van der Waals surface area contributed by atoms with Gasteiger partial charge in [0.05, 0.1) is 18.4 Å². The number of benzene rings is 1. The fourth-order valence-corrected chi connectivity index (χ4v) is 9.19. The van der Waals surface area contributed by atoms with Gasteiger partial charge < -0.3 is 18.6 Å². The van der Waals surface area contributed by atoms with Crippen molar-refractivity contribution < 1.29 is 40.8 Å². The van der Waals surface area contributed by atoms with Crippen LogP contribution in [-0.4, -0.2) is 73.9 Å². The minimum absolute atomic E-state index is 0.0169. The fourth-order valence-electron chi connectivity index (χ4n) is 4.77. The van der Waals surface area contributed by atoms with Gasteiger partial charge in [-0.1, -0.05) is 64.0 Å². The van der Waals surface area contributed by atoms with Crippen molar-refractivity contribution in [3.8, 4) is 11.5 Å². The Balaban J connectivity index is 2.66. The van der Waals surface area contributed by atoms with E-state index < -0.39 is 62.7 Å². The van der Waals surface area contributed by atoms with Crippen molar-refractivity contribution in [1.82, 2.24) is 0 Å². The van der Waals surface area contributed by atoms with Gasteiger partial charge in [-0.3, -0.25) is 9.59 Å². The maximum atomic E-state index is 13.7. The zero-order valence-electron chi connectivity index (χ0n) is 27.9. The largest absolute Gasteiger partial charge is 0.469 e. The zero-order chi connectivity index (χ0) is 33.3. The maximum Gasteiger partial charge on any atom is 0.305 e. The molecular formula is C32H50O9SSi2. The van der Waals surface area contributed by atoms with Crippen LogP contribution in [0.4, 0.5) is 0 Å². The monoisotopic (exact) mass is 666 g/mol. The van der Waals surface area contributed by atoms with Gasteiger partial charge in [0.25, 0.3) is 10.1 Å². The van der Waals surface area contributed by atoms with E-state index in [4.69, 9.17) is 18.1 Å². The van der Waals surface area contributed by atoms with Crippen molar-refractivity contribution >= 4 is 38.3 Å². The molecule has 0 radical (unpaired) electrons. The molecule has 12 heteroatoms. The van der Waals surface area contributed by atoms with Crippen molar-refractivity contribution in [2.45, 2.75) is 127 Å². The van der Waals surface area contributed by atoms with Crippen molar-refractivity contribution in [2.75, 3.05) is 7.11 Å². The van der Waals surface area contributed by atoms with Crippen molar-refractivity contribution in [3.63, 3.8) is 0 Å². The highest BCUT2D eigenvalue weighted by atomic mass is 32.2. The topological polar surface area (TPSA) is 114 Å². The molecule has 0 saturated carbocycles. The number of hydrogen-bond donors (Lipinski definition) is 0. The quantitative estimate of drug-likeness (QED) is 0.0738. The van der Waals surface area contributed by atoms with Crippen molar-refractivity contribution in [1.29, 1.82) is 0 Å². The third-order valence-corrected chi connectivity index (χ3v) is 14.4. The number of hydrogen-bond acceptors (Lipinski definition) is 9. The molecule has 0 N–H and O–H groups in total. The van der Waals surface area contributed by atoms with Gasteiger partial charge >= 0.3 is 5.97 Å².